The molecule has 194 valence electrons. The number of carbonyl (C=O) groups excluding carboxylic acids is 1. The molecule has 1 aromatic carbocycles. The van der Waals surface area contributed by atoms with Crippen LogP contribution in [0.1, 0.15) is 44.1 Å². The lowest BCUT2D eigenvalue weighted by molar-refractivity contribution is -0.125. The molecule has 3 N–H and O–H groups in total. The topological polar surface area (TPSA) is 125 Å². The summed E-state index contributed by atoms with van der Waals surface area (Å²) in [5.41, 5.74) is 6.93. The van der Waals surface area contributed by atoms with Crippen LogP contribution in [0.3, 0.4) is 0 Å². The summed E-state index contributed by atoms with van der Waals surface area (Å²) in [6.07, 6.45) is 17.3. The molecule has 2 fully saturated rings. The number of imidazole rings is 1. The second kappa shape index (κ2) is 8.49. The number of fused-ring (bicyclic) bond motifs is 3. The van der Waals surface area contributed by atoms with Gasteiger partial charge in [0.05, 0.1) is 41.5 Å². The highest BCUT2D eigenvalue weighted by molar-refractivity contribution is 5.97. The zero-order valence-electron chi connectivity index (χ0n) is 21.3. The summed E-state index contributed by atoms with van der Waals surface area (Å²) in [6.45, 7) is 0. The summed E-state index contributed by atoms with van der Waals surface area (Å²) in [6, 6.07) is 8.49. The van der Waals surface area contributed by atoms with Gasteiger partial charge in [0, 0.05) is 40.3 Å². The molecule has 0 saturated heterocycles. The number of nitrogens with zero attached hydrogens (tertiary/aromatic N) is 4. The van der Waals surface area contributed by atoms with Gasteiger partial charge in [-0.05, 0) is 49.1 Å². The van der Waals surface area contributed by atoms with Crippen molar-refractivity contribution in [3.05, 3.63) is 66.5 Å². The van der Waals surface area contributed by atoms with Gasteiger partial charge in [-0.15, -0.1) is 0 Å². The first-order chi connectivity index (χ1) is 19.2. The Balaban J connectivity index is 1.14. The van der Waals surface area contributed by atoms with Crippen molar-refractivity contribution < 1.29 is 9.21 Å². The van der Waals surface area contributed by atoms with Crippen LogP contribution in [-0.4, -0.2) is 43.3 Å². The van der Waals surface area contributed by atoms with E-state index in [-0.39, 0.29) is 23.3 Å². The van der Waals surface area contributed by atoms with Gasteiger partial charge >= 0.3 is 0 Å². The number of aliphatic imine (C=N–C) groups is 1. The van der Waals surface area contributed by atoms with E-state index in [4.69, 9.17) is 14.4 Å². The predicted octanol–water partition coefficient (Wildman–Crippen LogP) is 5.44. The smallest absolute Gasteiger partial charge is 0.227 e. The molecule has 9 nitrogen and oxygen atoms in total. The molecule has 2 aliphatic carbocycles. The van der Waals surface area contributed by atoms with Crippen LogP contribution in [-0.2, 0) is 10.2 Å². The fourth-order valence-electron chi connectivity index (χ4n) is 6.32. The molecule has 39 heavy (non-hydrogen) atoms. The highest BCUT2D eigenvalue weighted by atomic mass is 16.3. The molecule has 1 amide bonds. The number of dihydropyridines is 1. The van der Waals surface area contributed by atoms with Gasteiger partial charge < -0.3 is 14.7 Å². The zero-order valence-corrected chi connectivity index (χ0v) is 21.3. The van der Waals surface area contributed by atoms with Gasteiger partial charge in [0.1, 0.15) is 11.2 Å². The van der Waals surface area contributed by atoms with Crippen molar-refractivity contribution in [2.24, 2.45) is 10.9 Å². The normalized spacial score (nSPS) is 22.7. The van der Waals surface area contributed by atoms with Gasteiger partial charge in [-0.25, -0.2) is 4.98 Å². The molecule has 1 aliphatic heterocycles. The molecule has 3 aliphatic rings. The molecule has 4 aromatic heterocycles. The van der Waals surface area contributed by atoms with E-state index in [1.807, 2.05) is 12.3 Å². The van der Waals surface area contributed by atoms with Gasteiger partial charge in [0.15, 0.2) is 5.82 Å². The monoisotopic (exact) mass is 517 g/mol. The summed E-state index contributed by atoms with van der Waals surface area (Å²) in [5.74, 6) is 0.913. The Bertz CT molecular complexity index is 1790. The summed E-state index contributed by atoms with van der Waals surface area (Å²) in [7, 11) is 0. The Hall–Kier alpha value is -4.53. The van der Waals surface area contributed by atoms with E-state index in [0.717, 1.165) is 76.6 Å². The van der Waals surface area contributed by atoms with Crippen LogP contribution in [0.25, 0.3) is 44.6 Å². The quantitative estimate of drug-likeness (QED) is 0.286. The van der Waals surface area contributed by atoms with Crippen LogP contribution in [0.5, 0.6) is 0 Å². The molecule has 2 atom stereocenters. The average Bonchev–Trinajstić information content (AvgIpc) is 3.38. The minimum Gasteiger partial charge on any atom is -0.472 e. The van der Waals surface area contributed by atoms with Crippen molar-refractivity contribution >= 4 is 34.1 Å². The molecule has 5 aromatic rings. The maximum absolute atomic E-state index is 12.9. The summed E-state index contributed by atoms with van der Waals surface area (Å²) in [5, 5.41) is 11.9. The Morgan fingerprint density at radius 3 is 2.90 bits per heavy atom. The number of aromatic amines is 2. The first-order valence-electron chi connectivity index (χ1n) is 13.6. The third-order valence-electron chi connectivity index (χ3n) is 8.57. The number of pyridine rings is 1. The van der Waals surface area contributed by atoms with E-state index >= 15 is 0 Å². The molecule has 5 heterocycles. The van der Waals surface area contributed by atoms with Gasteiger partial charge in [0.25, 0.3) is 0 Å². The van der Waals surface area contributed by atoms with Crippen molar-refractivity contribution in [1.29, 1.82) is 0 Å². The van der Waals surface area contributed by atoms with E-state index in [0.29, 0.717) is 5.82 Å². The highest BCUT2D eigenvalue weighted by Crippen LogP contribution is 2.54. The largest absolute Gasteiger partial charge is 0.472 e. The number of allylic oxidation sites excluding steroid dienone is 1. The first kappa shape index (κ1) is 22.5. The van der Waals surface area contributed by atoms with Crippen molar-refractivity contribution in [3.63, 3.8) is 0 Å². The van der Waals surface area contributed by atoms with E-state index in [2.05, 4.69) is 49.8 Å². The minimum absolute atomic E-state index is 0.110. The Labute approximate surface area is 223 Å². The van der Waals surface area contributed by atoms with Crippen molar-refractivity contribution in [2.75, 3.05) is 0 Å². The van der Waals surface area contributed by atoms with Crippen LogP contribution >= 0.6 is 0 Å². The summed E-state index contributed by atoms with van der Waals surface area (Å²) in [4.78, 5) is 30.4. The summed E-state index contributed by atoms with van der Waals surface area (Å²) < 4.78 is 5.28. The SMILES string of the molecule is O=C(NC1=CC2(c3ccc4[nH]nc(-c5nc6c(-c7ccoc7)cncc6[nH]5)c4c3)CC2N=C1)C1CCCCC1. The van der Waals surface area contributed by atoms with E-state index in [1.54, 1.807) is 24.9 Å². The van der Waals surface area contributed by atoms with Crippen LogP contribution in [0.15, 0.2) is 70.4 Å². The molecular formula is C30H27N7O2. The molecule has 2 saturated carbocycles. The van der Waals surface area contributed by atoms with Crippen LogP contribution in [0.2, 0.25) is 0 Å². The zero-order chi connectivity index (χ0) is 26.0. The number of hydrogen-bond acceptors (Lipinski definition) is 6. The maximum Gasteiger partial charge on any atom is 0.227 e. The van der Waals surface area contributed by atoms with Crippen molar-refractivity contribution in [1.82, 2.24) is 30.5 Å². The van der Waals surface area contributed by atoms with E-state index in [9.17, 15) is 4.79 Å². The molecule has 0 bridgehead atoms. The Morgan fingerprint density at radius 1 is 1.10 bits per heavy atom. The molecular weight excluding hydrogens is 490 g/mol. The Kier molecular flexibility index (Phi) is 4.89. The molecule has 8 rings (SSSR count). The predicted molar refractivity (Wildman–Crippen MR) is 148 cm³/mol. The van der Waals surface area contributed by atoms with Crippen LogP contribution in [0.4, 0.5) is 0 Å². The molecule has 0 spiro atoms. The van der Waals surface area contributed by atoms with Gasteiger partial charge in [0.2, 0.25) is 5.91 Å². The third-order valence-corrected chi connectivity index (χ3v) is 8.57. The van der Waals surface area contributed by atoms with Crippen molar-refractivity contribution in [3.8, 4) is 22.6 Å². The number of nitrogens with one attached hydrogen (secondary N) is 3. The Morgan fingerprint density at radius 2 is 2.03 bits per heavy atom. The number of carbonyl (C=O) groups is 1. The van der Waals surface area contributed by atoms with E-state index in [1.165, 1.54) is 12.0 Å². The summed E-state index contributed by atoms with van der Waals surface area (Å²) >= 11 is 0. The number of aromatic nitrogens is 5. The van der Waals surface area contributed by atoms with Crippen LogP contribution in [0, 0.1) is 5.92 Å². The maximum atomic E-state index is 12.9. The molecule has 9 heteroatoms. The lowest BCUT2D eigenvalue weighted by atomic mass is 9.88. The van der Waals surface area contributed by atoms with E-state index < -0.39 is 0 Å². The first-order valence-corrected chi connectivity index (χ1v) is 13.6. The number of benzene rings is 1. The minimum atomic E-state index is -0.209. The lowest BCUT2D eigenvalue weighted by Crippen LogP contribution is -2.33. The second-order valence-corrected chi connectivity index (χ2v) is 11.0. The fraction of sp³-hybridized carbons (Fsp3) is 0.300. The van der Waals surface area contributed by atoms with Gasteiger partial charge in [-0.2, -0.15) is 5.10 Å². The number of H-pyrrole nitrogens is 2. The standard InChI is InChI=1S/C30H27N7O2/c38-29(17-4-2-1-3-5-17)33-20-11-30(12-25(30)32-13-20)19-6-7-23-21(10-19)27(37-36-23)28-34-24-15-31-14-22(26(24)35-28)18-8-9-39-16-18/h6-11,13-17,25H,1-5,12H2,(H,33,38)(H,34,35)(H,36,37). The van der Waals surface area contributed by atoms with Gasteiger partial charge in [-0.3, -0.25) is 19.9 Å². The number of hydrogen-bond donors (Lipinski definition) is 3. The van der Waals surface area contributed by atoms with Gasteiger partial charge in [-0.1, -0.05) is 25.3 Å². The lowest BCUT2D eigenvalue weighted by Gasteiger charge is -2.23. The number of rotatable bonds is 5. The molecule has 2 unspecified atom stereocenters. The van der Waals surface area contributed by atoms with Crippen molar-refractivity contribution in [2.45, 2.75) is 50.0 Å². The highest BCUT2D eigenvalue weighted by Gasteiger charge is 2.55. The second-order valence-electron chi connectivity index (χ2n) is 11.0. The average molecular weight is 518 g/mol. The number of amides is 1. The fourth-order valence-corrected chi connectivity index (χ4v) is 6.32. The third kappa shape index (κ3) is 3.64. The molecule has 0 radical (unpaired) electrons. The van der Waals surface area contributed by atoms with Crippen LogP contribution < -0.4 is 5.32 Å². The number of furan rings is 1.